The Hall–Kier alpha value is -1.89. The number of carbonyl (C=O) groups excluding carboxylic acids is 1. The van der Waals surface area contributed by atoms with Crippen LogP contribution in [0.15, 0.2) is 23.4 Å². The summed E-state index contributed by atoms with van der Waals surface area (Å²) in [6.07, 6.45) is 5.58. The lowest BCUT2D eigenvalue weighted by molar-refractivity contribution is -0.113. The summed E-state index contributed by atoms with van der Waals surface area (Å²) in [7, 11) is 0. The van der Waals surface area contributed by atoms with E-state index in [0.717, 1.165) is 41.2 Å². The van der Waals surface area contributed by atoms with Crippen molar-refractivity contribution in [2.45, 2.75) is 57.1 Å². The molecule has 0 bridgehead atoms. The third-order valence-corrected chi connectivity index (χ3v) is 5.40. The van der Waals surface area contributed by atoms with E-state index in [1.165, 1.54) is 24.6 Å². The van der Waals surface area contributed by atoms with Crippen molar-refractivity contribution in [1.29, 1.82) is 0 Å². The van der Waals surface area contributed by atoms with Crippen LogP contribution in [-0.2, 0) is 11.2 Å². The van der Waals surface area contributed by atoms with Gasteiger partial charge >= 0.3 is 0 Å². The highest BCUT2D eigenvalue weighted by atomic mass is 32.2. The molecule has 0 atom stereocenters. The number of rotatable bonds is 6. The van der Waals surface area contributed by atoms with E-state index in [9.17, 15) is 4.79 Å². The fourth-order valence-corrected chi connectivity index (χ4v) is 3.91. The number of nitrogens with zero attached hydrogens (tertiary/aromatic N) is 4. The zero-order valence-corrected chi connectivity index (χ0v) is 15.0. The van der Waals surface area contributed by atoms with Crippen molar-refractivity contribution in [2.24, 2.45) is 0 Å². The molecule has 1 aromatic heterocycles. The first-order valence-electron chi connectivity index (χ1n) is 8.48. The van der Waals surface area contributed by atoms with Crippen LogP contribution >= 0.6 is 11.8 Å². The zero-order valence-electron chi connectivity index (χ0n) is 14.2. The summed E-state index contributed by atoms with van der Waals surface area (Å²) < 4.78 is 1.89. The molecule has 0 unspecified atom stereocenters. The van der Waals surface area contributed by atoms with Crippen LogP contribution in [0, 0.1) is 6.92 Å². The van der Waals surface area contributed by atoms with Gasteiger partial charge in [0, 0.05) is 5.69 Å². The highest BCUT2D eigenvalue weighted by Crippen LogP contribution is 2.31. The van der Waals surface area contributed by atoms with E-state index in [4.69, 9.17) is 0 Å². The fourth-order valence-electron chi connectivity index (χ4n) is 3.17. The second-order valence-electron chi connectivity index (χ2n) is 6.14. The number of anilines is 1. The monoisotopic (exact) mass is 345 g/mol. The smallest absolute Gasteiger partial charge is 0.234 e. The van der Waals surface area contributed by atoms with Gasteiger partial charge in [-0.2, -0.15) is 0 Å². The maximum atomic E-state index is 12.4. The van der Waals surface area contributed by atoms with Crippen molar-refractivity contribution in [3.8, 4) is 0 Å². The Balaban J connectivity index is 1.62. The Morgan fingerprint density at radius 1 is 1.38 bits per heavy atom. The van der Waals surface area contributed by atoms with Gasteiger partial charge in [-0.15, -0.1) is 5.10 Å². The molecule has 7 heteroatoms. The van der Waals surface area contributed by atoms with Gasteiger partial charge < -0.3 is 5.32 Å². The first-order chi connectivity index (χ1) is 11.7. The van der Waals surface area contributed by atoms with E-state index in [1.807, 2.05) is 23.7 Å². The molecule has 0 radical (unpaired) electrons. The van der Waals surface area contributed by atoms with Gasteiger partial charge in [-0.05, 0) is 47.7 Å². The van der Waals surface area contributed by atoms with Gasteiger partial charge in [0.05, 0.1) is 11.8 Å². The number of tetrazole rings is 1. The molecule has 0 saturated heterocycles. The Bertz CT molecular complexity index is 709. The van der Waals surface area contributed by atoms with E-state index >= 15 is 0 Å². The summed E-state index contributed by atoms with van der Waals surface area (Å²) in [5.74, 6) is 0.287. The van der Waals surface area contributed by atoms with Crippen molar-refractivity contribution in [3.05, 3.63) is 29.3 Å². The third-order valence-electron chi connectivity index (χ3n) is 4.47. The maximum absolute atomic E-state index is 12.4. The molecule has 1 saturated carbocycles. The molecule has 0 spiro atoms. The van der Waals surface area contributed by atoms with Crippen LogP contribution in [0.1, 0.15) is 49.8 Å². The van der Waals surface area contributed by atoms with Crippen molar-refractivity contribution in [2.75, 3.05) is 11.1 Å². The van der Waals surface area contributed by atoms with Crippen molar-refractivity contribution < 1.29 is 4.79 Å². The molecule has 128 valence electrons. The van der Waals surface area contributed by atoms with E-state index in [2.05, 4.69) is 33.8 Å². The second kappa shape index (κ2) is 7.79. The lowest BCUT2D eigenvalue weighted by Gasteiger charge is -2.13. The van der Waals surface area contributed by atoms with Crippen LogP contribution in [0.2, 0.25) is 0 Å². The normalized spacial score (nSPS) is 14.9. The number of aryl methyl sites for hydroxylation is 2. The summed E-state index contributed by atoms with van der Waals surface area (Å²) in [5.41, 5.74) is 3.17. The Kier molecular flexibility index (Phi) is 5.50. The number of nitrogens with one attached hydrogen (secondary N) is 1. The Morgan fingerprint density at radius 2 is 2.17 bits per heavy atom. The molecular weight excluding hydrogens is 322 g/mol. The average Bonchev–Trinajstić information content (AvgIpc) is 3.25. The Morgan fingerprint density at radius 3 is 2.92 bits per heavy atom. The number of carbonyl (C=O) groups is 1. The summed E-state index contributed by atoms with van der Waals surface area (Å²) in [6, 6.07) is 6.47. The molecule has 1 aromatic carbocycles. The fraction of sp³-hybridized carbons (Fsp3) is 0.529. The van der Waals surface area contributed by atoms with E-state index < -0.39 is 0 Å². The first kappa shape index (κ1) is 17.0. The van der Waals surface area contributed by atoms with Gasteiger partial charge in [-0.1, -0.05) is 49.7 Å². The summed E-state index contributed by atoms with van der Waals surface area (Å²) in [5, 5.41) is 15.7. The predicted octanol–water partition coefficient (Wildman–Crippen LogP) is 3.39. The van der Waals surface area contributed by atoms with Crippen LogP contribution in [-0.4, -0.2) is 31.9 Å². The van der Waals surface area contributed by atoms with E-state index in [-0.39, 0.29) is 5.91 Å². The van der Waals surface area contributed by atoms with Gasteiger partial charge in [-0.3, -0.25) is 4.79 Å². The predicted molar refractivity (Wildman–Crippen MR) is 95.2 cm³/mol. The SMILES string of the molecule is CCc1cccc(C)c1NC(=O)CSc1nnnn1C1CCCC1. The molecule has 1 amide bonds. The lowest BCUT2D eigenvalue weighted by Crippen LogP contribution is -2.17. The first-order valence-corrected chi connectivity index (χ1v) is 9.46. The van der Waals surface area contributed by atoms with Crippen LogP contribution in [0.5, 0.6) is 0 Å². The molecule has 24 heavy (non-hydrogen) atoms. The number of hydrogen-bond donors (Lipinski definition) is 1. The minimum atomic E-state index is -0.0232. The summed E-state index contributed by atoms with van der Waals surface area (Å²) in [6.45, 7) is 4.11. The van der Waals surface area contributed by atoms with Crippen molar-refractivity contribution in [1.82, 2.24) is 20.2 Å². The largest absolute Gasteiger partial charge is 0.325 e. The van der Waals surface area contributed by atoms with Crippen LogP contribution in [0.3, 0.4) is 0 Å². The molecule has 1 heterocycles. The molecule has 1 fully saturated rings. The number of hydrogen-bond acceptors (Lipinski definition) is 5. The minimum absolute atomic E-state index is 0.0232. The molecule has 1 N–H and O–H groups in total. The second-order valence-corrected chi connectivity index (χ2v) is 7.09. The van der Waals surface area contributed by atoms with E-state index in [1.54, 1.807) is 0 Å². The highest BCUT2D eigenvalue weighted by molar-refractivity contribution is 7.99. The van der Waals surface area contributed by atoms with Crippen LogP contribution in [0.4, 0.5) is 5.69 Å². The summed E-state index contributed by atoms with van der Waals surface area (Å²) >= 11 is 1.40. The van der Waals surface area contributed by atoms with Gasteiger partial charge in [0.25, 0.3) is 0 Å². The van der Waals surface area contributed by atoms with Gasteiger partial charge in [0.15, 0.2) is 0 Å². The number of aromatic nitrogens is 4. The molecule has 1 aliphatic rings. The number of benzene rings is 1. The summed E-state index contributed by atoms with van der Waals surface area (Å²) in [4.78, 5) is 12.4. The molecule has 6 nitrogen and oxygen atoms in total. The van der Waals surface area contributed by atoms with Gasteiger partial charge in [0.1, 0.15) is 0 Å². The molecule has 3 rings (SSSR count). The van der Waals surface area contributed by atoms with Crippen LogP contribution < -0.4 is 5.32 Å². The quantitative estimate of drug-likeness (QED) is 0.813. The molecule has 1 aliphatic carbocycles. The van der Waals surface area contributed by atoms with Gasteiger partial charge in [0.2, 0.25) is 11.1 Å². The maximum Gasteiger partial charge on any atom is 0.234 e. The van der Waals surface area contributed by atoms with Gasteiger partial charge in [-0.25, -0.2) is 4.68 Å². The number of amides is 1. The minimum Gasteiger partial charge on any atom is -0.325 e. The third kappa shape index (κ3) is 3.77. The zero-order chi connectivity index (χ0) is 16.9. The van der Waals surface area contributed by atoms with E-state index in [0.29, 0.717) is 11.8 Å². The topological polar surface area (TPSA) is 72.7 Å². The van der Waals surface area contributed by atoms with Crippen LogP contribution in [0.25, 0.3) is 0 Å². The molecule has 2 aromatic rings. The molecular formula is C17H23N5OS. The number of para-hydroxylation sites is 1. The van der Waals surface area contributed by atoms with Crippen molar-refractivity contribution in [3.63, 3.8) is 0 Å². The number of thioether (sulfide) groups is 1. The van der Waals surface area contributed by atoms with Crippen molar-refractivity contribution >= 4 is 23.4 Å². The standard InChI is InChI=1S/C17H23N5OS/c1-3-13-8-6-7-12(2)16(13)18-15(23)11-24-17-19-20-21-22(17)14-9-4-5-10-14/h6-8,14H,3-5,9-11H2,1-2H3,(H,18,23). The highest BCUT2D eigenvalue weighted by Gasteiger charge is 2.22. The average molecular weight is 345 g/mol. The Labute approximate surface area is 146 Å². The molecule has 0 aliphatic heterocycles. The lowest BCUT2D eigenvalue weighted by atomic mass is 10.1.